The average molecular weight is 274 g/mol. The Hall–Kier alpha value is -0.160. The van der Waals surface area contributed by atoms with Gasteiger partial charge in [0.05, 0.1) is 0 Å². The van der Waals surface area contributed by atoms with E-state index in [-0.39, 0.29) is 14.9 Å². The Labute approximate surface area is 120 Å². The van der Waals surface area contributed by atoms with Gasteiger partial charge in [0.1, 0.15) is 20.3 Å². The summed E-state index contributed by atoms with van der Waals surface area (Å²) < 4.78 is 11.1. The highest BCUT2D eigenvalue weighted by molar-refractivity contribution is 4.61. The molecule has 2 aliphatic heterocycles. The van der Waals surface area contributed by atoms with E-state index in [1.54, 1.807) is 0 Å². The van der Waals surface area contributed by atoms with E-state index in [0.717, 1.165) is 13.5 Å². The van der Waals surface area contributed by atoms with Crippen LogP contribution in [0.15, 0.2) is 0 Å². The Kier molecular flexibility index (Phi) is 11.6. The maximum absolute atomic E-state index is 5.54. The summed E-state index contributed by atoms with van der Waals surface area (Å²) in [6, 6.07) is 0. The molecule has 0 saturated carbocycles. The van der Waals surface area contributed by atoms with Crippen molar-refractivity contribution in [3.8, 4) is 0 Å². The Morgan fingerprint density at radius 3 is 1.32 bits per heavy atom. The highest BCUT2D eigenvalue weighted by Crippen LogP contribution is 2.09. The molecule has 0 aromatic rings. The van der Waals surface area contributed by atoms with Crippen LogP contribution < -0.4 is 0 Å². The lowest BCUT2D eigenvalue weighted by molar-refractivity contribution is -0.119. The third-order valence-electron chi connectivity index (χ3n) is 3.61. The maximum Gasteiger partial charge on any atom is 0.150 e. The summed E-state index contributed by atoms with van der Waals surface area (Å²) in [5.74, 6) is 0. The van der Waals surface area contributed by atoms with Crippen molar-refractivity contribution in [2.75, 3.05) is 46.4 Å². The molecular formula is C15H34N2O2. The molecule has 2 heterocycles. The van der Waals surface area contributed by atoms with Gasteiger partial charge < -0.3 is 9.47 Å². The van der Waals surface area contributed by atoms with Gasteiger partial charge in [0, 0.05) is 26.2 Å². The molecule has 0 aromatic carbocycles. The fourth-order valence-electron chi connectivity index (χ4n) is 2.57. The first-order valence-electron chi connectivity index (χ1n) is 7.05. The highest BCUT2D eigenvalue weighted by Gasteiger charge is 2.11. The number of hydrogen-bond donors (Lipinski definition) is 0. The lowest BCUT2D eigenvalue weighted by Crippen LogP contribution is -2.34. The van der Waals surface area contributed by atoms with Gasteiger partial charge in [-0.25, -0.2) is 0 Å². The second-order valence-corrected chi connectivity index (χ2v) is 5.14. The Morgan fingerprint density at radius 2 is 0.947 bits per heavy atom. The van der Waals surface area contributed by atoms with Crippen LogP contribution in [-0.4, -0.2) is 56.2 Å². The molecule has 0 amide bonds. The minimum Gasteiger partial charge on any atom is -0.340 e. The molecule has 116 valence electrons. The first kappa shape index (κ1) is 18.8. The minimum atomic E-state index is 0. The minimum absolute atomic E-state index is 0. The van der Waals surface area contributed by atoms with Crippen LogP contribution >= 0.6 is 0 Å². The molecule has 0 radical (unpaired) electrons. The molecule has 2 rings (SSSR count). The van der Waals surface area contributed by atoms with Gasteiger partial charge in [-0.05, 0) is 25.7 Å². The van der Waals surface area contributed by atoms with E-state index in [1.165, 1.54) is 64.7 Å². The molecule has 4 nitrogen and oxygen atoms in total. The SMILES string of the molecule is C.C.C1CCN(COCOCN2CCCCC2)CC1. The molecular weight excluding hydrogens is 240 g/mol. The van der Waals surface area contributed by atoms with Crippen molar-refractivity contribution in [2.24, 2.45) is 0 Å². The normalized spacial score (nSPS) is 21.5. The average Bonchev–Trinajstić information content (AvgIpc) is 2.41. The van der Waals surface area contributed by atoms with Crippen LogP contribution in [0.2, 0.25) is 0 Å². The molecule has 4 heteroatoms. The molecule has 2 aliphatic rings. The van der Waals surface area contributed by atoms with Crippen LogP contribution in [0, 0.1) is 0 Å². The van der Waals surface area contributed by atoms with Crippen molar-refractivity contribution in [2.45, 2.75) is 53.4 Å². The molecule has 0 unspecified atom stereocenters. The maximum atomic E-state index is 5.54. The number of ether oxygens (including phenoxy) is 2. The number of rotatable bonds is 6. The molecule has 0 atom stereocenters. The van der Waals surface area contributed by atoms with Gasteiger partial charge in [-0.3, -0.25) is 9.80 Å². The zero-order chi connectivity index (χ0) is 11.8. The summed E-state index contributed by atoms with van der Waals surface area (Å²) in [4.78, 5) is 4.74. The fraction of sp³-hybridized carbons (Fsp3) is 1.00. The van der Waals surface area contributed by atoms with Crippen molar-refractivity contribution in [1.29, 1.82) is 0 Å². The standard InChI is InChI=1S/C13H26N2O2.2CH4/c1-3-7-14(8-4-1)11-16-13-17-12-15-9-5-2-6-10-15;;/h1-13H2;2*1H4. The third-order valence-corrected chi connectivity index (χ3v) is 3.61. The van der Waals surface area contributed by atoms with E-state index in [1.807, 2.05) is 0 Å². The molecule has 0 spiro atoms. The monoisotopic (exact) mass is 274 g/mol. The summed E-state index contributed by atoms with van der Waals surface area (Å²) in [5.41, 5.74) is 0. The van der Waals surface area contributed by atoms with Gasteiger partial charge in [-0.2, -0.15) is 0 Å². The van der Waals surface area contributed by atoms with Gasteiger partial charge in [0.15, 0.2) is 0 Å². The van der Waals surface area contributed by atoms with Crippen LogP contribution in [-0.2, 0) is 9.47 Å². The van der Waals surface area contributed by atoms with E-state index in [4.69, 9.17) is 9.47 Å². The molecule has 0 N–H and O–H groups in total. The Morgan fingerprint density at radius 1 is 0.579 bits per heavy atom. The Balaban J connectivity index is 0.00000162. The summed E-state index contributed by atoms with van der Waals surface area (Å²) in [6.45, 7) is 6.66. The summed E-state index contributed by atoms with van der Waals surface area (Å²) >= 11 is 0. The van der Waals surface area contributed by atoms with Crippen molar-refractivity contribution in [3.05, 3.63) is 0 Å². The fourth-order valence-corrected chi connectivity index (χ4v) is 2.57. The zero-order valence-corrected chi connectivity index (χ0v) is 10.9. The van der Waals surface area contributed by atoms with Crippen molar-refractivity contribution < 1.29 is 9.47 Å². The summed E-state index contributed by atoms with van der Waals surface area (Å²) in [7, 11) is 0. The predicted molar refractivity (Wildman–Crippen MR) is 81.1 cm³/mol. The van der Waals surface area contributed by atoms with Gasteiger partial charge in [-0.15, -0.1) is 0 Å². The first-order chi connectivity index (χ1) is 8.45. The molecule has 19 heavy (non-hydrogen) atoms. The van der Waals surface area contributed by atoms with Crippen LogP contribution in [0.25, 0.3) is 0 Å². The number of piperidine rings is 2. The van der Waals surface area contributed by atoms with Crippen LogP contribution in [0.4, 0.5) is 0 Å². The first-order valence-corrected chi connectivity index (χ1v) is 7.05. The van der Waals surface area contributed by atoms with Gasteiger partial charge in [0.25, 0.3) is 0 Å². The molecule has 0 aliphatic carbocycles. The van der Waals surface area contributed by atoms with Gasteiger partial charge in [-0.1, -0.05) is 27.7 Å². The molecule has 0 bridgehead atoms. The number of likely N-dealkylation sites (tertiary alicyclic amines) is 2. The molecule has 2 fully saturated rings. The van der Waals surface area contributed by atoms with Crippen LogP contribution in [0.3, 0.4) is 0 Å². The second kappa shape index (κ2) is 11.6. The van der Waals surface area contributed by atoms with Crippen molar-refractivity contribution in [3.63, 3.8) is 0 Å². The highest BCUT2D eigenvalue weighted by atomic mass is 16.7. The van der Waals surface area contributed by atoms with Crippen molar-refractivity contribution >= 4 is 0 Å². The molecule has 2 saturated heterocycles. The van der Waals surface area contributed by atoms with E-state index >= 15 is 0 Å². The smallest absolute Gasteiger partial charge is 0.150 e. The summed E-state index contributed by atoms with van der Waals surface area (Å²) in [5, 5.41) is 0. The topological polar surface area (TPSA) is 24.9 Å². The van der Waals surface area contributed by atoms with E-state index in [0.29, 0.717) is 6.79 Å². The van der Waals surface area contributed by atoms with Crippen LogP contribution in [0.5, 0.6) is 0 Å². The third kappa shape index (κ3) is 7.88. The van der Waals surface area contributed by atoms with Crippen molar-refractivity contribution in [1.82, 2.24) is 9.80 Å². The van der Waals surface area contributed by atoms with E-state index in [9.17, 15) is 0 Å². The Bertz CT molecular complexity index is 171. The quantitative estimate of drug-likeness (QED) is 0.549. The number of nitrogens with zero attached hydrogens (tertiary/aromatic N) is 2. The lowest BCUT2D eigenvalue weighted by atomic mass is 10.1. The van der Waals surface area contributed by atoms with Gasteiger partial charge >= 0.3 is 0 Å². The predicted octanol–water partition coefficient (Wildman–Crippen LogP) is 3.14. The summed E-state index contributed by atoms with van der Waals surface area (Å²) in [6.07, 6.45) is 8.02. The van der Waals surface area contributed by atoms with Gasteiger partial charge in [0.2, 0.25) is 0 Å². The zero-order valence-electron chi connectivity index (χ0n) is 10.9. The van der Waals surface area contributed by atoms with E-state index < -0.39 is 0 Å². The number of hydrogen-bond acceptors (Lipinski definition) is 4. The lowest BCUT2D eigenvalue weighted by Gasteiger charge is -2.27. The second-order valence-electron chi connectivity index (χ2n) is 5.14. The van der Waals surface area contributed by atoms with Crippen LogP contribution in [0.1, 0.15) is 53.4 Å². The molecule has 0 aromatic heterocycles. The largest absolute Gasteiger partial charge is 0.340 e. The van der Waals surface area contributed by atoms with E-state index in [2.05, 4.69) is 9.80 Å².